The highest BCUT2D eigenvalue weighted by Crippen LogP contribution is 2.63. The summed E-state index contributed by atoms with van der Waals surface area (Å²) in [6, 6.07) is 5.68. The maximum absolute atomic E-state index is 10.9. The van der Waals surface area contributed by atoms with Crippen LogP contribution in [0.15, 0.2) is 18.2 Å². The Bertz CT molecular complexity index is 811. The van der Waals surface area contributed by atoms with E-state index in [1.807, 2.05) is 18.2 Å². The average Bonchev–Trinajstić information content (AvgIpc) is 3.13. The van der Waals surface area contributed by atoms with Crippen molar-refractivity contribution >= 4 is 10.8 Å². The second kappa shape index (κ2) is 6.12. The van der Waals surface area contributed by atoms with Crippen molar-refractivity contribution in [1.82, 2.24) is 0 Å². The van der Waals surface area contributed by atoms with Crippen molar-refractivity contribution in [3.05, 3.63) is 29.3 Å². The molecule has 0 saturated heterocycles. The highest BCUT2D eigenvalue weighted by molar-refractivity contribution is 5.97. The van der Waals surface area contributed by atoms with E-state index in [-0.39, 0.29) is 5.41 Å². The lowest BCUT2D eigenvalue weighted by Gasteiger charge is -2.27. The largest absolute Gasteiger partial charge is 0.507 e. The van der Waals surface area contributed by atoms with Gasteiger partial charge in [-0.2, -0.15) is 0 Å². The lowest BCUT2D eigenvalue weighted by Crippen LogP contribution is -2.16. The topological polar surface area (TPSA) is 49.7 Å². The van der Waals surface area contributed by atoms with Gasteiger partial charge in [0.05, 0.1) is 6.61 Å². The number of fused-ring (bicyclic) bond motifs is 6. The first kappa shape index (κ1) is 16.6. The maximum Gasteiger partial charge on any atom is 0.127 e. The van der Waals surface area contributed by atoms with Crippen molar-refractivity contribution in [2.45, 2.75) is 70.1 Å². The number of phenolic OH excluding ortho intramolecular Hbond substituents is 2. The zero-order valence-corrected chi connectivity index (χ0v) is 15.3. The van der Waals surface area contributed by atoms with Gasteiger partial charge < -0.3 is 14.9 Å². The smallest absolute Gasteiger partial charge is 0.127 e. The molecule has 3 nitrogen and oxygen atoms in total. The molecule has 0 amide bonds. The number of hydrogen-bond donors (Lipinski definition) is 2. The Kier molecular flexibility index (Phi) is 4.05. The van der Waals surface area contributed by atoms with Crippen molar-refractivity contribution in [3.8, 4) is 17.2 Å². The van der Waals surface area contributed by atoms with E-state index >= 15 is 0 Å². The van der Waals surface area contributed by atoms with Gasteiger partial charge in [-0.3, -0.25) is 0 Å². The van der Waals surface area contributed by atoms with Gasteiger partial charge in [0, 0.05) is 21.9 Å². The molecule has 0 spiro atoms. The highest BCUT2D eigenvalue weighted by atomic mass is 16.5. The van der Waals surface area contributed by atoms with Crippen LogP contribution in [0.2, 0.25) is 0 Å². The van der Waals surface area contributed by atoms with Gasteiger partial charge in [-0.15, -0.1) is 0 Å². The summed E-state index contributed by atoms with van der Waals surface area (Å²) in [5.41, 5.74) is 1.99. The fourth-order valence-electron chi connectivity index (χ4n) is 4.98. The van der Waals surface area contributed by atoms with Gasteiger partial charge in [0.25, 0.3) is 0 Å². The molecule has 2 unspecified atom stereocenters. The summed E-state index contributed by atoms with van der Waals surface area (Å²) in [5, 5.41) is 23.3. The standard InChI is InChI=1S/C22H28O3/c1-3-4-5-6-11-25-15-7-8-16-17(12-15)20(23)18-14-9-10-22(2,13-14)19(18)21(16)24/h7-8,12,14,23-24H,3-6,9-11,13H2,1-2H3. The van der Waals surface area contributed by atoms with Crippen LogP contribution >= 0.6 is 0 Å². The maximum atomic E-state index is 10.9. The molecule has 0 aromatic heterocycles. The molecule has 3 heteroatoms. The number of benzene rings is 2. The van der Waals surface area contributed by atoms with Crippen molar-refractivity contribution in [2.75, 3.05) is 6.61 Å². The monoisotopic (exact) mass is 340 g/mol. The van der Waals surface area contributed by atoms with E-state index in [2.05, 4.69) is 13.8 Å². The van der Waals surface area contributed by atoms with Crippen LogP contribution in [-0.2, 0) is 5.41 Å². The predicted octanol–water partition coefficient (Wildman–Crippen LogP) is 5.75. The van der Waals surface area contributed by atoms with Crippen LogP contribution in [0, 0.1) is 0 Å². The first-order valence-electron chi connectivity index (χ1n) is 9.70. The van der Waals surface area contributed by atoms with Crippen molar-refractivity contribution in [3.63, 3.8) is 0 Å². The van der Waals surface area contributed by atoms with E-state index in [0.29, 0.717) is 24.0 Å². The van der Waals surface area contributed by atoms with Gasteiger partial charge in [-0.05, 0) is 55.2 Å². The minimum absolute atomic E-state index is 0.0181. The van der Waals surface area contributed by atoms with Crippen LogP contribution in [0.4, 0.5) is 0 Å². The van der Waals surface area contributed by atoms with E-state index in [0.717, 1.165) is 53.3 Å². The highest BCUT2D eigenvalue weighted by Gasteiger charge is 2.49. The number of ether oxygens (including phenoxy) is 1. The quantitative estimate of drug-likeness (QED) is 0.520. The molecule has 2 aliphatic rings. The Labute approximate surface area is 149 Å². The first-order chi connectivity index (χ1) is 12.0. The Morgan fingerprint density at radius 3 is 2.76 bits per heavy atom. The van der Waals surface area contributed by atoms with Crippen molar-refractivity contribution in [2.24, 2.45) is 0 Å². The second-order valence-corrected chi connectivity index (χ2v) is 8.10. The van der Waals surface area contributed by atoms with Gasteiger partial charge >= 0.3 is 0 Å². The Balaban J connectivity index is 1.68. The SMILES string of the molecule is CCCCCCOc1ccc2c(O)c3c(c(O)c2c1)C1CCC3(C)C1. The zero-order chi connectivity index (χ0) is 17.6. The number of rotatable bonds is 6. The molecule has 2 aliphatic carbocycles. The van der Waals surface area contributed by atoms with Gasteiger partial charge in [-0.25, -0.2) is 0 Å². The molecule has 2 aromatic rings. The Morgan fingerprint density at radius 1 is 1.12 bits per heavy atom. The molecule has 4 rings (SSSR count). The summed E-state index contributed by atoms with van der Waals surface area (Å²) in [6.07, 6.45) is 7.94. The summed E-state index contributed by atoms with van der Waals surface area (Å²) >= 11 is 0. The van der Waals surface area contributed by atoms with Crippen LogP contribution in [0.1, 0.15) is 75.8 Å². The van der Waals surface area contributed by atoms with Crippen LogP contribution in [0.25, 0.3) is 10.8 Å². The molecule has 0 radical (unpaired) electrons. The Hall–Kier alpha value is -1.90. The predicted molar refractivity (Wildman–Crippen MR) is 101 cm³/mol. The summed E-state index contributed by atoms with van der Waals surface area (Å²) in [4.78, 5) is 0. The van der Waals surface area contributed by atoms with Gasteiger partial charge in [0.15, 0.2) is 0 Å². The molecule has 2 bridgehead atoms. The summed E-state index contributed by atoms with van der Waals surface area (Å²) < 4.78 is 5.86. The molecule has 25 heavy (non-hydrogen) atoms. The third kappa shape index (κ3) is 2.56. The normalized spacial score (nSPS) is 24.0. The third-order valence-corrected chi connectivity index (χ3v) is 6.28. The number of hydrogen-bond acceptors (Lipinski definition) is 3. The first-order valence-corrected chi connectivity index (χ1v) is 9.70. The van der Waals surface area contributed by atoms with Crippen LogP contribution in [0.5, 0.6) is 17.2 Å². The van der Waals surface area contributed by atoms with Gasteiger partial charge in [0.2, 0.25) is 0 Å². The molecule has 1 fully saturated rings. The number of aromatic hydroxyl groups is 2. The summed E-state index contributed by atoms with van der Waals surface area (Å²) in [6.45, 7) is 5.12. The second-order valence-electron chi connectivity index (χ2n) is 8.10. The van der Waals surface area contributed by atoms with E-state index in [4.69, 9.17) is 4.74 Å². The summed E-state index contributed by atoms with van der Waals surface area (Å²) in [7, 11) is 0. The molecular weight excluding hydrogens is 312 g/mol. The van der Waals surface area contributed by atoms with E-state index < -0.39 is 0 Å². The van der Waals surface area contributed by atoms with Gasteiger partial charge in [0.1, 0.15) is 17.2 Å². The van der Waals surface area contributed by atoms with Gasteiger partial charge in [-0.1, -0.05) is 33.1 Å². The third-order valence-electron chi connectivity index (χ3n) is 6.28. The van der Waals surface area contributed by atoms with Crippen LogP contribution < -0.4 is 4.74 Å². The lowest BCUT2D eigenvalue weighted by molar-refractivity contribution is 0.305. The molecule has 2 atom stereocenters. The summed E-state index contributed by atoms with van der Waals surface area (Å²) in [5.74, 6) is 1.87. The van der Waals surface area contributed by atoms with Crippen LogP contribution in [-0.4, -0.2) is 16.8 Å². The minimum Gasteiger partial charge on any atom is -0.507 e. The average molecular weight is 340 g/mol. The molecule has 134 valence electrons. The zero-order valence-electron chi connectivity index (χ0n) is 15.3. The van der Waals surface area contributed by atoms with E-state index in [1.54, 1.807) is 0 Å². The molecule has 1 saturated carbocycles. The number of phenols is 2. The fraction of sp³-hybridized carbons (Fsp3) is 0.545. The molecule has 2 N–H and O–H groups in total. The molecular formula is C22H28O3. The van der Waals surface area contributed by atoms with E-state index in [1.165, 1.54) is 19.3 Å². The van der Waals surface area contributed by atoms with Crippen molar-refractivity contribution in [1.29, 1.82) is 0 Å². The molecule has 0 heterocycles. The molecule has 2 aromatic carbocycles. The number of unbranched alkanes of at least 4 members (excludes halogenated alkanes) is 3. The van der Waals surface area contributed by atoms with Crippen molar-refractivity contribution < 1.29 is 14.9 Å². The fourth-order valence-corrected chi connectivity index (χ4v) is 4.98. The van der Waals surface area contributed by atoms with Crippen LogP contribution in [0.3, 0.4) is 0 Å². The molecule has 0 aliphatic heterocycles. The Morgan fingerprint density at radius 2 is 1.96 bits per heavy atom. The minimum atomic E-state index is 0.0181. The lowest BCUT2D eigenvalue weighted by atomic mass is 9.79. The van der Waals surface area contributed by atoms with E-state index in [9.17, 15) is 10.2 Å².